The van der Waals surface area contributed by atoms with Crippen molar-refractivity contribution in [2.24, 2.45) is 0 Å². The minimum atomic E-state index is -3.85. The van der Waals surface area contributed by atoms with E-state index in [2.05, 4.69) is 13.5 Å². The highest BCUT2D eigenvalue weighted by atomic mass is 32.2. The number of fused-ring (bicyclic) bond motifs is 1. The van der Waals surface area contributed by atoms with Crippen LogP contribution in [0.2, 0.25) is 0 Å². The second-order valence-corrected chi connectivity index (χ2v) is 7.58. The van der Waals surface area contributed by atoms with Crippen molar-refractivity contribution in [3.63, 3.8) is 0 Å². The summed E-state index contributed by atoms with van der Waals surface area (Å²) in [4.78, 5) is 0.0817. The summed E-state index contributed by atoms with van der Waals surface area (Å²) in [6, 6.07) is 20.9. The first-order chi connectivity index (χ1) is 12.6. The van der Waals surface area contributed by atoms with Gasteiger partial charge < -0.3 is 4.74 Å². The molecule has 1 aromatic heterocycles. The van der Waals surface area contributed by atoms with Crippen LogP contribution in [0, 0.1) is 0 Å². The Morgan fingerprint density at radius 2 is 1.62 bits per heavy atom. The van der Waals surface area contributed by atoms with Crippen LogP contribution in [0.5, 0.6) is 11.5 Å². The molecule has 8 heteroatoms. The first kappa shape index (κ1) is 16.5. The molecule has 0 amide bonds. The van der Waals surface area contributed by atoms with E-state index in [-0.39, 0.29) is 4.90 Å². The zero-order valence-corrected chi connectivity index (χ0v) is 15.0. The molecule has 4 rings (SSSR count). The lowest BCUT2D eigenvalue weighted by atomic mass is 10.3. The maximum Gasteiger partial charge on any atom is 0.264 e. The molecule has 6 nitrogen and oxygen atoms in total. The third-order valence-corrected chi connectivity index (χ3v) is 5.58. The Bertz CT molecular complexity index is 1160. The van der Waals surface area contributed by atoms with Crippen molar-refractivity contribution in [2.45, 2.75) is 4.90 Å². The predicted molar refractivity (Wildman–Crippen MR) is 101 cm³/mol. The van der Waals surface area contributed by atoms with Crippen LogP contribution in [0.1, 0.15) is 0 Å². The van der Waals surface area contributed by atoms with Gasteiger partial charge in [-0.2, -0.15) is 8.75 Å². The van der Waals surface area contributed by atoms with Gasteiger partial charge in [-0.3, -0.25) is 4.72 Å². The molecule has 0 atom stereocenters. The fraction of sp³-hybridized carbons (Fsp3) is 0. The Morgan fingerprint density at radius 3 is 2.46 bits per heavy atom. The second kappa shape index (κ2) is 6.74. The molecule has 0 unspecified atom stereocenters. The molecule has 0 fully saturated rings. The largest absolute Gasteiger partial charge is 0.455 e. The average molecular weight is 383 g/mol. The van der Waals surface area contributed by atoms with E-state index in [0.717, 1.165) is 11.7 Å². The summed E-state index contributed by atoms with van der Waals surface area (Å²) in [5.41, 5.74) is 1.25. The fourth-order valence-corrected chi connectivity index (χ4v) is 4.29. The summed E-state index contributed by atoms with van der Waals surface area (Å²) in [5, 5.41) is 0. The lowest BCUT2D eigenvalue weighted by Gasteiger charge is -2.13. The van der Waals surface area contributed by atoms with Crippen LogP contribution in [0.15, 0.2) is 77.7 Å². The normalized spacial score (nSPS) is 11.4. The van der Waals surface area contributed by atoms with Gasteiger partial charge in [-0.15, -0.1) is 0 Å². The maximum atomic E-state index is 12.9. The number of nitrogens with zero attached hydrogens (tertiary/aromatic N) is 2. The third-order valence-electron chi connectivity index (χ3n) is 3.64. The van der Waals surface area contributed by atoms with E-state index in [1.165, 1.54) is 6.07 Å². The number of ether oxygens (including phenoxy) is 1. The van der Waals surface area contributed by atoms with Crippen molar-refractivity contribution < 1.29 is 13.2 Å². The minimum absolute atomic E-state index is 0.0817. The molecule has 0 saturated carbocycles. The highest BCUT2D eigenvalue weighted by molar-refractivity contribution is 7.93. The van der Waals surface area contributed by atoms with Gasteiger partial charge >= 0.3 is 0 Å². The number of hydrogen-bond acceptors (Lipinski definition) is 6. The van der Waals surface area contributed by atoms with Gasteiger partial charge in [0.2, 0.25) is 0 Å². The molecule has 0 spiro atoms. The number of rotatable bonds is 5. The van der Waals surface area contributed by atoms with Crippen LogP contribution >= 0.6 is 11.7 Å². The summed E-state index contributed by atoms with van der Waals surface area (Å²) < 4.78 is 42.4. The van der Waals surface area contributed by atoms with Crippen molar-refractivity contribution in [2.75, 3.05) is 4.72 Å². The Labute approximate surface area is 154 Å². The number of para-hydroxylation sites is 3. The van der Waals surface area contributed by atoms with Crippen LogP contribution in [0.3, 0.4) is 0 Å². The Kier molecular flexibility index (Phi) is 4.27. The van der Waals surface area contributed by atoms with Gasteiger partial charge in [0.1, 0.15) is 21.7 Å². The zero-order valence-electron chi connectivity index (χ0n) is 13.4. The maximum absolute atomic E-state index is 12.9. The van der Waals surface area contributed by atoms with E-state index >= 15 is 0 Å². The van der Waals surface area contributed by atoms with Crippen molar-refractivity contribution in [3.05, 3.63) is 72.8 Å². The van der Waals surface area contributed by atoms with Gasteiger partial charge in [-0.05, 0) is 36.4 Å². The molecule has 0 aliphatic carbocycles. The molecular weight excluding hydrogens is 370 g/mol. The summed E-state index contributed by atoms with van der Waals surface area (Å²) in [6.07, 6.45) is 0. The minimum Gasteiger partial charge on any atom is -0.455 e. The lowest BCUT2D eigenvalue weighted by molar-refractivity contribution is 0.485. The van der Waals surface area contributed by atoms with Crippen LogP contribution in [-0.4, -0.2) is 17.2 Å². The number of anilines is 1. The van der Waals surface area contributed by atoms with Gasteiger partial charge in [-0.1, -0.05) is 36.4 Å². The van der Waals surface area contributed by atoms with Crippen molar-refractivity contribution in [3.8, 4) is 11.5 Å². The van der Waals surface area contributed by atoms with E-state index in [1.807, 2.05) is 18.2 Å². The summed E-state index contributed by atoms with van der Waals surface area (Å²) in [5.74, 6) is 1.02. The Hall–Kier alpha value is -2.97. The zero-order chi connectivity index (χ0) is 18.0. The average Bonchev–Trinajstić information content (AvgIpc) is 3.12. The standard InChI is InChI=1S/C18H13N3O3S2/c22-26(23,17-12-6-10-15-18(17)20-25-19-15)21-14-9-4-5-11-16(14)24-13-7-2-1-3-8-13/h1-12,21H. The third kappa shape index (κ3) is 3.24. The quantitative estimate of drug-likeness (QED) is 0.556. The highest BCUT2D eigenvalue weighted by Gasteiger charge is 2.21. The van der Waals surface area contributed by atoms with Gasteiger partial charge in [0, 0.05) is 0 Å². The first-order valence-corrected chi connectivity index (χ1v) is 9.91. The SMILES string of the molecule is O=S(=O)(Nc1ccccc1Oc1ccccc1)c1cccc2nsnc12. The van der Waals surface area contributed by atoms with Crippen LogP contribution in [0.4, 0.5) is 5.69 Å². The first-order valence-electron chi connectivity index (χ1n) is 7.69. The van der Waals surface area contributed by atoms with Gasteiger partial charge in [0.05, 0.1) is 17.4 Å². The fourth-order valence-electron chi connectivity index (χ4n) is 2.45. The smallest absolute Gasteiger partial charge is 0.264 e. The van der Waals surface area contributed by atoms with Crippen LogP contribution in [-0.2, 0) is 10.0 Å². The molecule has 0 radical (unpaired) electrons. The number of hydrogen-bond donors (Lipinski definition) is 1. The lowest BCUT2D eigenvalue weighted by Crippen LogP contribution is -2.14. The molecular formula is C18H13N3O3S2. The van der Waals surface area contributed by atoms with Gasteiger partial charge in [0.15, 0.2) is 5.75 Å². The predicted octanol–water partition coefficient (Wildman–Crippen LogP) is 4.28. The Balaban J connectivity index is 1.70. The molecule has 0 aliphatic rings. The van der Waals surface area contributed by atoms with Crippen molar-refractivity contribution >= 4 is 38.5 Å². The number of nitrogens with one attached hydrogen (secondary N) is 1. The Morgan fingerprint density at radius 1 is 0.846 bits per heavy atom. The molecule has 3 aromatic carbocycles. The number of sulfonamides is 1. The molecule has 26 heavy (non-hydrogen) atoms. The highest BCUT2D eigenvalue weighted by Crippen LogP contribution is 2.31. The van der Waals surface area contributed by atoms with Crippen LogP contribution < -0.4 is 9.46 Å². The number of aromatic nitrogens is 2. The van der Waals surface area contributed by atoms with Crippen LogP contribution in [0.25, 0.3) is 11.0 Å². The summed E-state index contributed by atoms with van der Waals surface area (Å²) >= 11 is 0.977. The monoisotopic (exact) mass is 383 g/mol. The van der Waals surface area contributed by atoms with Crippen molar-refractivity contribution in [1.82, 2.24) is 8.75 Å². The van der Waals surface area contributed by atoms with E-state index in [0.29, 0.717) is 28.2 Å². The molecule has 0 bridgehead atoms. The summed E-state index contributed by atoms with van der Waals surface area (Å²) in [7, 11) is -3.85. The van der Waals surface area contributed by atoms with E-state index in [4.69, 9.17) is 4.74 Å². The molecule has 0 saturated heterocycles. The molecule has 1 N–H and O–H groups in total. The van der Waals surface area contributed by atoms with E-state index < -0.39 is 10.0 Å². The van der Waals surface area contributed by atoms with E-state index in [1.54, 1.807) is 48.5 Å². The molecule has 0 aliphatic heterocycles. The molecule has 130 valence electrons. The molecule has 4 aromatic rings. The second-order valence-electron chi connectivity index (χ2n) is 5.40. The molecule has 1 heterocycles. The van der Waals surface area contributed by atoms with Gasteiger partial charge in [-0.25, -0.2) is 8.42 Å². The van der Waals surface area contributed by atoms with Gasteiger partial charge in [0.25, 0.3) is 10.0 Å². The van der Waals surface area contributed by atoms with E-state index in [9.17, 15) is 8.42 Å². The number of benzene rings is 3. The summed E-state index contributed by atoms with van der Waals surface area (Å²) in [6.45, 7) is 0. The van der Waals surface area contributed by atoms with Crippen molar-refractivity contribution in [1.29, 1.82) is 0 Å². The topological polar surface area (TPSA) is 81.2 Å².